The van der Waals surface area contributed by atoms with Gasteiger partial charge < -0.3 is 4.74 Å². The number of aryl methyl sites for hydroxylation is 1. The highest BCUT2D eigenvalue weighted by molar-refractivity contribution is 7.93. The van der Waals surface area contributed by atoms with Gasteiger partial charge in [-0.2, -0.15) is 0 Å². The van der Waals surface area contributed by atoms with Crippen molar-refractivity contribution in [2.24, 2.45) is 0 Å². The second-order valence-electron chi connectivity index (χ2n) is 6.10. The van der Waals surface area contributed by atoms with Crippen molar-refractivity contribution in [1.82, 2.24) is 4.72 Å². The largest absolute Gasteiger partial charge is 0.377 e. The Labute approximate surface area is 149 Å². The summed E-state index contributed by atoms with van der Waals surface area (Å²) in [5, 5.41) is 0. The van der Waals surface area contributed by atoms with Crippen LogP contribution in [0.4, 0.5) is 0 Å². The van der Waals surface area contributed by atoms with Crippen molar-refractivity contribution in [3.05, 3.63) is 76.2 Å². The zero-order chi connectivity index (χ0) is 17.5. The first kappa shape index (κ1) is 17.9. The van der Waals surface area contributed by atoms with Gasteiger partial charge in [0, 0.05) is 13.2 Å². The van der Waals surface area contributed by atoms with E-state index in [9.17, 15) is 8.42 Å². The van der Waals surface area contributed by atoms with E-state index in [1.165, 1.54) is 5.56 Å². The zero-order valence-corrected chi connectivity index (χ0v) is 15.0. The lowest BCUT2D eigenvalue weighted by Gasteiger charge is -2.17. The predicted octanol–water partition coefficient (Wildman–Crippen LogP) is 3.50. The van der Waals surface area contributed by atoms with Crippen LogP contribution in [0.5, 0.6) is 0 Å². The molecule has 2 aromatic carbocycles. The minimum absolute atomic E-state index is 0.385. The number of rotatable bonds is 8. The predicted molar refractivity (Wildman–Crippen MR) is 100 cm³/mol. The number of hydrogen-bond acceptors (Lipinski definition) is 3. The molecule has 1 aliphatic carbocycles. The van der Waals surface area contributed by atoms with Crippen LogP contribution in [-0.4, -0.2) is 21.6 Å². The molecule has 132 valence electrons. The molecular weight excluding hydrogens is 334 g/mol. The first-order valence-corrected chi connectivity index (χ1v) is 10.0. The Hall–Kier alpha value is -1.95. The molecule has 4 nitrogen and oxygen atoms in total. The molecule has 0 heterocycles. The fraction of sp³-hybridized carbons (Fsp3) is 0.300. The smallest absolute Gasteiger partial charge is 0.236 e. The maximum Gasteiger partial charge on any atom is 0.236 e. The second-order valence-corrected chi connectivity index (χ2v) is 7.92. The average Bonchev–Trinajstić information content (AvgIpc) is 2.65. The highest BCUT2D eigenvalue weighted by atomic mass is 32.2. The lowest BCUT2D eigenvalue weighted by atomic mass is 9.98. The summed E-state index contributed by atoms with van der Waals surface area (Å²) >= 11 is 0. The molecule has 0 amide bonds. The van der Waals surface area contributed by atoms with Crippen LogP contribution < -0.4 is 4.72 Å². The van der Waals surface area contributed by atoms with Crippen LogP contribution >= 0.6 is 0 Å². The van der Waals surface area contributed by atoms with Crippen molar-refractivity contribution in [2.45, 2.75) is 25.9 Å². The Bertz CT molecular complexity index is 829. The number of allylic oxidation sites excluding steroid dienone is 1. The van der Waals surface area contributed by atoms with Crippen LogP contribution in [0.3, 0.4) is 0 Å². The van der Waals surface area contributed by atoms with Crippen molar-refractivity contribution < 1.29 is 13.2 Å². The first-order chi connectivity index (χ1) is 12.1. The topological polar surface area (TPSA) is 55.4 Å². The number of ether oxygens (including phenoxy) is 1. The third kappa shape index (κ3) is 5.01. The van der Waals surface area contributed by atoms with Crippen molar-refractivity contribution in [2.75, 3.05) is 13.2 Å². The van der Waals surface area contributed by atoms with Crippen LogP contribution in [-0.2, 0) is 27.8 Å². The maximum absolute atomic E-state index is 12.4. The summed E-state index contributed by atoms with van der Waals surface area (Å²) in [4.78, 5) is 0.469. The standard InChI is InChI=1S/C20H23NO3S/c22-25(23,20-12-11-18-9-4-5-10-19(18)15-20)21-13-6-14-24-16-17-7-2-1-3-8-17/h1-5,7-10,15,21H,6,11-14,16H2. The summed E-state index contributed by atoms with van der Waals surface area (Å²) in [6.07, 6.45) is 3.75. The minimum Gasteiger partial charge on any atom is -0.377 e. The van der Waals surface area contributed by atoms with E-state index in [0.717, 1.165) is 17.5 Å². The third-order valence-electron chi connectivity index (χ3n) is 4.23. The van der Waals surface area contributed by atoms with Gasteiger partial charge in [-0.15, -0.1) is 0 Å². The van der Waals surface area contributed by atoms with Gasteiger partial charge in [-0.25, -0.2) is 13.1 Å². The quantitative estimate of drug-likeness (QED) is 0.736. The van der Waals surface area contributed by atoms with Gasteiger partial charge >= 0.3 is 0 Å². The van der Waals surface area contributed by atoms with Crippen LogP contribution in [0, 0.1) is 0 Å². The van der Waals surface area contributed by atoms with Crippen molar-refractivity contribution in [3.8, 4) is 0 Å². The molecule has 2 aromatic rings. The van der Waals surface area contributed by atoms with E-state index >= 15 is 0 Å². The summed E-state index contributed by atoms with van der Waals surface area (Å²) in [5.74, 6) is 0. The fourth-order valence-corrected chi connectivity index (χ4v) is 4.11. The molecule has 0 unspecified atom stereocenters. The van der Waals surface area contributed by atoms with E-state index in [-0.39, 0.29) is 0 Å². The SMILES string of the molecule is O=S(=O)(NCCCOCc1ccccc1)C1=Cc2ccccc2CC1. The maximum atomic E-state index is 12.4. The average molecular weight is 357 g/mol. The molecule has 0 bridgehead atoms. The fourth-order valence-electron chi connectivity index (χ4n) is 2.86. The monoisotopic (exact) mass is 357 g/mol. The van der Waals surface area contributed by atoms with Gasteiger partial charge in [-0.3, -0.25) is 0 Å². The summed E-state index contributed by atoms with van der Waals surface area (Å²) in [6.45, 7) is 1.46. The van der Waals surface area contributed by atoms with E-state index in [4.69, 9.17) is 4.74 Å². The highest BCUT2D eigenvalue weighted by Crippen LogP contribution is 2.26. The summed E-state index contributed by atoms with van der Waals surface area (Å²) < 4.78 is 33.1. The van der Waals surface area contributed by atoms with Crippen molar-refractivity contribution in [1.29, 1.82) is 0 Å². The van der Waals surface area contributed by atoms with Gasteiger partial charge in [0.15, 0.2) is 0 Å². The van der Waals surface area contributed by atoms with Gasteiger partial charge in [0.25, 0.3) is 0 Å². The van der Waals surface area contributed by atoms with E-state index in [0.29, 0.717) is 37.5 Å². The summed E-state index contributed by atoms with van der Waals surface area (Å²) in [5.41, 5.74) is 3.32. The molecule has 1 aliphatic rings. The van der Waals surface area contributed by atoms with Gasteiger partial charge in [0.2, 0.25) is 10.0 Å². The molecule has 0 saturated heterocycles. The molecule has 25 heavy (non-hydrogen) atoms. The van der Waals surface area contributed by atoms with E-state index in [1.54, 1.807) is 6.08 Å². The molecule has 0 atom stereocenters. The Morgan fingerprint density at radius 1 is 0.960 bits per heavy atom. The molecule has 0 radical (unpaired) electrons. The van der Waals surface area contributed by atoms with Gasteiger partial charge in [0.05, 0.1) is 11.5 Å². The summed E-state index contributed by atoms with van der Waals surface area (Å²) in [7, 11) is -3.41. The third-order valence-corrected chi connectivity index (χ3v) is 5.82. The minimum atomic E-state index is -3.41. The van der Waals surface area contributed by atoms with Crippen LogP contribution in [0.25, 0.3) is 6.08 Å². The van der Waals surface area contributed by atoms with Gasteiger partial charge in [-0.1, -0.05) is 54.6 Å². The highest BCUT2D eigenvalue weighted by Gasteiger charge is 2.20. The molecule has 1 N–H and O–H groups in total. The van der Waals surface area contributed by atoms with Crippen LogP contribution in [0.15, 0.2) is 59.5 Å². The number of nitrogens with one attached hydrogen (secondary N) is 1. The number of hydrogen-bond donors (Lipinski definition) is 1. The lowest BCUT2D eigenvalue weighted by molar-refractivity contribution is 0.119. The van der Waals surface area contributed by atoms with Gasteiger partial charge in [-0.05, 0) is 42.0 Å². The van der Waals surface area contributed by atoms with Crippen LogP contribution in [0.1, 0.15) is 29.5 Å². The number of fused-ring (bicyclic) bond motifs is 1. The molecule has 0 fully saturated rings. The van der Waals surface area contributed by atoms with E-state index in [2.05, 4.69) is 4.72 Å². The second kappa shape index (κ2) is 8.43. The van der Waals surface area contributed by atoms with E-state index < -0.39 is 10.0 Å². The molecule has 3 rings (SSSR count). The molecule has 0 saturated carbocycles. The van der Waals surface area contributed by atoms with Crippen molar-refractivity contribution in [3.63, 3.8) is 0 Å². The Morgan fingerprint density at radius 2 is 1.72 bits per heavy atom. The molecular formula is C20H23NO3S. The molecule has 0 spiro atoms. The molecule has 0 aromatic heterocycles. The van der Waals surface area contributed by atoms with E-state index in [1.807, 2.05) is 54.6 Å². The van der Waals surface area contributed by atoms with Gasteiger partial charge in [0.1, 0.15) is 0 Å². The van der Waals surface area contributed by atoms with Crippen LogP contribution in [0.2, 0.25) is 0 Å². The zero-order valence-electron chi connectivity index (χ0n) is 14.1. The summed E-state index contributed by atoms with van der Waals surface area (Å²) in [6, 6.07) is 17.9. The van der Waals surface area contributed by atoms with Crippen molar-refractivity contribution >= 4 is 16.1 Å². The Balaban J connectivity index is 1.44. The molecule has 5 heteroatoms. The number of sulfonamides is 1. The normalized spacial score (nSPS) is 14.0. The first-order valence-electron chi connectivity index (χ1n) is 8.55. The lowest BCUT2D eigenvalue weighted by Crippen LogP contribution is -2.27. The Kier molecular flexibility index (Phi) is 6.02. The molecule has 0 aliphatic heterocycles. The Morgan fingerprint density at radius 3 is 2.56 bits per heavy atom. The number of benzene rings is 2.